The highest BCUT2D eigenvalue weighted by Gasteiger charge is 2.33. The second kappa shape index (κ2) is 4.51. The number of H-pyrrole nitrogens is 1. The van der Waals surface area contributed by atoms with Gasteiger partial charge in [-0.3, -0.25) is 4.79 Å². The predicted octanol–water partition coefficient (Wildman–Crippen LogP) is 4.11. The Morgan fingerprint density at radius 2 is 1.95 bits per heavy atom. The number of hydrogen-bond acceptors (Lipinski definition) is 1. The quantitative estimate of drug-likeness (QED) is 0.837. The van der Waals surface area contributed by atoms with Gasteiger partial charge in [0.05, 0.1) is 5.56 Å². The van der Waals surface area contributed by atoms with E-state index >= 15 is 0 Å². The van der Waals surface area contributed by atoms with Crippen LogP contribution in [0.15, 0.2) is 35.1 Å². The van der Waals surface area contributed by atoms with Crippen LogP contribution in [0.3, 0.4) is 0 Å². The second-order valence-corrected chi connectivity index (χ2v) is 4.93. The van der Waals surface area contributed by atoms with E-state index < -0.39 is 17.3 Å². The molecular weight excluding hydrogens is 267 g/mol. The molecule has 0 aliphatic heterocycles. The first kappa shape index (κ1) is 13.0. The topological polar surface area (TPSA) is 32.9 Å². The van der Waals surface area contributed by atoms with Crippen LogP contribution in [0, 0.1) is 0 Å². The largest absolute Gasteiger partial charge is 0.417 e. The predicted molar refractivity (Wildman–Crippen MR) is 71.4 cm³/mol. The fourth-order valence-electron chi connectivity index (χ4n) is 2.62. The number of aromatic nitrogens is 1. The highest BCUT2D eigenvalue weighted by atomic mass is 19.4. The molecule has 3 rings (SSSR count). The van der Waals surface area contributed by atoms with Crippen molar-refractivity contribution < 1.29 is 13.2 Å². The van der Waals surface area contributed by atoms with Gasteiger partial charge in [-0.05, 0) is 42.5 Å². The third-order valence-corrected chi connectivity index (χ3v) is 3.56. The summed E-state index contributed by atoms with van der Waals surface area (Å²) in [4.78, 5) is 13.8. The van der Waals surface area contributed by atoms with Crippen LogP contribution in [0.4, 0.5) is 13.2 Å². The molecule has 0 unspecified atom stereocenters. The van der Waals surface area contributed by atoms with Gasteiger partial charge >= 0.3 is 6.18 Å². The lowest BCUT2D eigenvalue weighted by atomic mass is 10.0. The first-order chi connectivity index (χ1) is 9.45. The summed E-state index contributed by atoms with van der Waals surface area (Å²) in [6.45, 7) is 0. The van der Waals surface area contributed by atoms with Crippen molar-refractivity contribution in [2.24, 2.45) is 0 Å². The molecule has 0 fully saturated rings. The molecule has 0 atom stereocenters. The summed E-state index contributed by atoms with van der Waals surface area (Å²) >= 11 is 0. The van der Waals surface area contributed by atoms with Gasteiger partial charge < -0.3 is 4.98 Å². The number of pyridine rings is 1. The highest BCUT2D eigenvalue weighted by molar-refractivity contribution is 5.86. The molecule has 0 amide bonds. The van der Waals surface area contributed by atoms with E-state index in [2.05, 4.69) is 11.1 Å². The first-order valence-electron chi connectivity index (χ1n) is 6.39. The molecule has 0 radical (unpaired) electrons. The van der Waals surface area contributed by atoms with Crippen LogP contribution in [0.2, 0.25) is 0 Å². The molecule has 0 bridgehead atoms. The van der Waals surface area contributed by atoms with Gasteiger partial charge in [-0.15, -0.1) is 0 Å². The van der Waals surface area contributed by atoms with Crippen LogP contribution in [0.1, 0.15) is 30.4 Å². The Morgan fingerprint density at radius 1 is 1.15 bits per heavy atom. The first-order valence-corrected chi connectivity index (χ1v) is 6.39. The minimum atomic E-state index is -4.53. The summed E-state index contributed by atoms with van der Waals surface area (Å²) in [6, 6.07) is 5.44. The molecule has 1 aromatic heterocycles. The van der Waals surface area contributed by atoms with Gasteiger partial charge in [-0.25, -0.2) is 0 Å². The molecule has 1 aromatic carbocycles. The lowest BCUT2D eigenvalue weighted by Gasteiger charge is -2.11. The van der Waals surface area contributed by atoms with E-state index in [0.717, 1.165) is 30.4 Å². The third kappa shape index (κ3) is 2.24. The molecule has 0 spiro atoms. The SMILES string of the molecule is O=c1cc(C(F)(F)F)c2cc(C3=CCCC3)ccc2[nH]1. The molecule has 1 heterocycles. The molecule has 1 aliphatic carbocycles. The monoisotopic (exact) mass is 279 g/mol. The number of benzene rings is 1. The molecule has 1 N–H and O–H groups in total. The summed E-state index contributed by atoms with van der Waals surface area (Å²) in [5, 5.41) is 0.0439. The van der Waals surface area contributed by atoms with Gasteiger partial charge in [0.25, 0.3) is 0 Å². The van der Waals surface area contributed by atoms with Crippen LogP contribution in [-0.4, -0.2) is 4.98 Å². The number of nitrogens with one attached hydrogen (secondary N) is 1. The van der Waals surface area contributed by atoms with Crippen LogP contribution < -0.4 is 5.56 Å². The Labute approximate surface area is 112 Å². The van der Waals surface area contributed by atoms with E-state index in [1.165, 1.54) is 6.07 Å². The van der Waals surface area contributed by atoms with Crippen LogP contribution >= 0.6 is 0 Å². The van der Waals surface area contributed by atoms with Crippen LogP contribution in [-0.2, 0) is 6.18 Å². The van der Waals surface area contributed by atoms with Gasteiger partial charge in [0, 0.05) is 17.0 Å². The summed E-state index contributed by atoms with van der Waals surface area (Å²) < 4.78 is 39.1. The van der Waals surface area contributed by atoms with Crippen molar-refractivity contribution in [1.29, 1.82) is 0 Å². The van der Waals surface area contributed by atoms with Crippen molar-refractivity contribution >= 4 is 16.5 Å². The third-order valence-electron chi connectivity index (χ3n) is 3.56. The van der Waals surface area contributed by atoms with Crippen molar-refractivity contribution in [2.75, 3.05) is 0 Å². The lowest BCUT2D eigenvalue weighted by molar-refractivity contribution is -0.136. The average molecular weight is 279 g/mol. The van der Waals surface area contributed by atoms with Gasteiger partial charge in [0.2, 0.25) is 5.56 Å². The zero-order valence-electron chi connectivity index (χ0n) is 10.6. The normalized spacial score (nSPS) is 15.7. The Morgan fingerprint density at radius 3 is 2.60 bits per heavy atom. The number of alkyl halides is 3. The number of halogens is 3. The highest BCUT2D eigenvalue weighted by Crippen LogP contribution is 2.35. The molecule has 0 saturated heterocycles. The molecule has 20 heavy (non-hydrogen) atoms. The van der Waals surface area contributed by atoms with Gasteiger partial charge in [-0.1, -0.05) is 12.1 Å². The van der Waals surface area contributed by atoms with Crippen LogP contribution in [0.5, 0.6) is 0 Å². The van der Waals surface area contributed by atoms with E-state index in [-0.39, 0.29) is 10.9 Å². The van der Waals surface area contributed by atoms with Crippen molar-refractivity contribution in [3.63, 3.8) is 0 Å². The van der Waals surface area contributed by atoms with Crippen molar-refractivity contribution in [3.05, 3.63) is 51.8 Å². The summed E-state index contributed by atoms with van der Waals surface area (Å²) in [5.74, 6) is 0. The van der Waals surface area contributed by atoms with E-state index in [1.807, 2.05) is 0 Å². The van der Waals surface area contributed by atoms with Gasteiger partial charge in [0.15, 0.2) is 0 Å². The Balaban J connectivity index is 2.26. The molecule has 2 nitrogen and oxygen atoms in total. The second-order valence-electron chi connectivity index (χ2n) is 4.93. The van der Waals surface area contributed by atoms with E-state index in [0.29, 0.717) is 6.07 Å². The van der Waals surface area contributed by atoms with E-state index in [4.69, 9.17) is 0 Å². The Kier molecular flexibility index (Phi) is 2.92. The Hall–Kier alpha value is -2.04. The maximum absolute atomic E-state index is 13.0. The fourth-order valence-corrected chi connectivity index (χ4v) is 2.62. The van der Waals surface area contributed by atoms with Crippen LogP contribution in [0.25, 0.3) is 16.5 Å². The summed E-state index contributed by atoms with van der Waals surface area (Å²) in [7, 11) is 0. The van der Waals surface area contributed by atoms with E-state index in [1.54, 1.807) is 12.1 Å². The number of rotatable bonds is 1. The molecule has 2 aromatic rings. The average Bonchev–Trinajstić information content (AvgIpc) is 2.90. The zero-order chi connectivity index (χ0) is 14.3. The van der Waals surface area contributed by atoms with Crippen molar-refractivity contribution in [1.82, 2.24) is 4.98 Å². The number of fused-ring (bicyclic) bond motifs is 1. The standard InChI is InChI=1S/C15H12F3NO/c16-15(17,18)12-8-14(20)19-13-6-5-10(7-11(12)13)9-3-1-2-4-9/h3,5-8H,1-2,4H2,(H,19,20). The smallest absolute Gasteiger partial charge is 0.322 e. The Bertz CT molecular complexity index is 756. The van der Waals surface area contributed by atoms with Crippen molar-refractivity contribution in [3.8, 4) is 0 Å². The minimum Gasteiger partial charge on any atom is -0.322 e. The fraction of sp³-hybridized carbons (Fsp3) is 0.267. The van der Waals surface area contributed by atoms with Gasteiger partial charge in [-0.2, -0.15) is 13.2 Å². The number of aromatic amines is 1. The number of allylic oxidation sites excluding steroid dienone is 2. The molecule has 1 aliphatic rings. The van der Waals surface area contributed by atoms with Gasteiger partial charge in [0.1, 0.15) is 0 Å². The lowest BCUT2D eigenvalue weighted by Crippen LogP contribution is -2.14. The molecule has 0 saturated carbocycles. The number of hydrogen-bond donors (Lipinski definition) is 1. The maximum atomic E-state index is 13.0. The van der Waals surface area contributed by atoms with E-state index in [9.17, 15) is 18.0 Å². The zero-order valence-corrected chi connectivity index (χ0v) is 10.6. The maximum Gasteiger partial charge on any atom is 0.417 e. The molecule has 5 heteroatoms. The van der Waals surface area contributed by atoms with Crippen molar-refractivity contribution in [2.45, 2.75) is 25.4 Å². The summed E-state index contributed by atoms with van der Waals surface area (Å²) in [6.07, 6.45) is 0.405. The molecular formula is C15H12F3NO. The minimum absolute atomic E-state index is 0.0439. The summed E-state index contributed by atoms with van der Waals surface area (Å²) in [5.41, 5.74) is 0.472. The molecule has 104 valence electrons.